The molecule has 3 N–H and O–H groups in total. The number of hydrogen-bond acceptors (Lipinski definition) is 8. The van der Waals surface area contributed by atoms with E-state index in [-0.39, 0.29) is 18.7 Å². The predicted octanol–water partition coefficient (Wildman–Crippen LogP) is 1.01. The van der Waals surface area contributed by atoms with E-state index in [0.717, 1.165) is 0 Å². The number of nitro groups is 1. The molecule has 0 aliphatic carbocycles. The Kier molecular flexibility index (Phi) is 6.50. The molecular weight excluding hydrogens is 434 g/mol. The van der Waals surface area contributed by atoms with Gasteiger partial charge in [-0.3, -0.25) is 20.2 Å². The monoisotopic (exact) mass is 463 g/mol. The van der Waals surface area contributed by atoms with Gasteiger partial charge >= 0.3 is 12.1 Å². The van der Waals surface area contributed by atoms with Crippen LogP contribution < -0.4 is 15.5 Å². The van der Waals surface area contributed by atoms with Crippen molar-refractivity contribution in [3.05, 3.63) is 33.9 Å². The Bertz CT molecular complexity index is 976. The predicted molar refractivity (Wildman–Crippen MR) is 118 cm³/mol. The number of nitro benzene ring substituents is 1. The van der Waals surface area contributed by atoms with Crippen LogP contribution >= 0.6 is 0 Å². The zero-order valence-electron chi connectivity index (χ0n) is 19.1. The van der Waals surface area contributed by atoms with Gasteiger partial charge in [0.05, 0.1) is 23.0 Å². The number of non-ortho nitro benzene ring substituents is 1. The molecule has 12 nitrogen and oxygen atoms in total. The fourth-order valence-corrected chi connectivity index (χ4v) is 4.36. The van der Waals surface area contributed by atoms with Crippen molar-refractivity contribution in [3.63, 3.8) is 0 Å². The van der Waals surface area contributed by atoms with E-state index in [9.17, 15) is 29.6 Å². The first-order valence-corrected chi connectivity index (χ1v) is 10.6. The minimum absolute atomic E-state index is 0.0489. The number of benzene rings is 1. The third-order valence-electron chi connectivity index (χ3n) is 5.95. The quantitative estimate of drug-likeness (QED) is 0.443. The molecule has 0 radical (unpaired) electrons. The number of carbonyl (C=O) groups excluding carboxylic acids is 3. The van der Waals surface area contributed by atoms with Crippen LogP contribution in [0.2, 0.25) is 0 Å². The number of aliphatic hydroxyl groups is 1. The second-order valence-electron chi connectivity index (χ2n) is 9.23. The van der Waals surface area contributed by atoms with Crippen LogP contribution in [0.5, 0.6) is 0 Å². The van der Waals surface area contributed by atoms with Gasteiger partial charge < -0.3 is 25.0 Å². The molecule has 33 heavy (non-hydrogen) atoms. The van der Waals surface area contributed by atoms with Gasteiger partial charge in [0, 0.05) is 44.5 Å². The zero-order valence-corrected chi connectivity index (χ0v) is 19.1. The lowest BCUT2D eigenvalue weighted by atomic mass is 9.70. The van der Waals surface area contributed by atoms with Gasteiger partial charge in [-0.15, -0.1) is 0 Å². The molecule has 180 valence electrons. The van der Waals surface area contributed by atoms with E-state index in [1.165, 1.54) is 24.1 Å². The summed E-state index contributed by atoms with van der Waals surface area (Å²) in [7, 11) is 1.35. The second-order valence-corrected chi connectivity index (χ2v) is 9.23. The van der Waals surface area contributed by atoms with Crippen LogP contribution in [0.1, 0.15) is 26.3 Å². The number of piperazine rings is 1. The van der Waals surface area contributed by atoms with Gasteiger partial charge in [-0.2, -0.15) is 0 Å². The van der Waals surface area contributed by atoms with Crippen LogP contribution in [-0.4, -0.2) is 77.9 Å². The SMILES string of the molecule is CNC(=O)NC(=O)C1(CO)Cc2cc([N+](=O)[O-])ccc2N2CCN(C(=O)OC(C)(C)C)CC21. The van der Waals surface area contributed by atoms with Gasteiger partial charge in [0.15, 0.2) is 0 Å². The normalized spacial score (nSPS) is 22.0. The lowest BCUT2D eigenvalue weighted by Crippen LogP contribution is -2.69. The van der Waals surface area contributed by atoms with Gasteiger partial charge in [0.1, 0.15) is 5.60 Å². The highest BCUT2D eigenvalue weighted by Crippen LogP contribution is 2.44. The molecule has 2 unspecified atom stereocenters. The van der Waals surface area contributed by atoms with E-state index in [1.54, 1.807) is 26.8 Å². The van der Waals surface area contributed by atoms with E-state index in [0.29, 0.717) is 24.3 Å². The van der Waals surface area contributed by atoms with Crippen LogP contribution in [0.15, 0.2) is 18.2 Å². The fraction of sp³-hybridized carbons (Fsp3) is 0.571. The van der Waals surface area contributed by atoms with Crippen molar-refractivity contribution >= 4 is 29.4 Å². The number of urea groups is 1. The number of amides is 4. The third kappa shape index (κ3) is 4.70. The average Bonchev–Trinajstić information content (AvgIpc) is 2.76. The number of imide groups is 1. The second kappa shape index (κ2) is 8.85. The number of anilines is 1. The molecule has 1 aromatic carbocycles. The summed E-state index contributed by atoms with van der Waals surface area (Å²) in [6.45, 7) is 5.28. The Hall–Kier alpha value is -3.41. The number of fused-ring (bicyclic) bond motifs is 3. The van der Waals surface area contributed by atoms with Crippen molar-refractivity contribution in [2.45, 2.75) is 38.8 Å². The van der Waals surface area contributed by atoms with Gasteiger partial charge in [-0.1, -0.05) is 0 Å². The lowest BCUT2D eigenvalue weighted by Gasteiger charge is -2.53. The van der Waals surface area contributed by atoms with Crippen LogP contribution in [-0.2, 0) is 16.0 Å². The van der Waals surface area contributed by atoms with Crippen molar-refractivity contribution in [3.8, 4) is 0 Å². The summed E-state index contributed by atoms with van der Waals surface area (Å²) in [6, 6.07) is 2.93. The number of ether oxygens (including phenoxy) is 1. The Labute approximate surface area is 191 Å². The number of hydrogen-bond donors (Lipinski definition) is 3. The summed E-state index contributed by atoms with van der Waals surface area (Å²) in [5, 5.41) is 26.3. The van der Waals surface area contributed by atoms with Crippen LogP contribution in [0.4, 0.5) is 21.0 Å². The van der Waals surface area contributed by atoms with Gasteiger partial charge in [0.2, 0.25) is 5.91 Å². The summed E-state index contributed by atoms with van der Waals surface area (Å²) in [5.74, 6) is -0.734. The number of aliphatic hydroxyl groups excluding tert-OH is 1. The number of nitrogens with one attached hydrogen (secondary N) is 2. The average molecular weight is 463 g/mol. The first-order valence-electron chi connectivity index (χ1n) is 10.6. The molecule has 12 heteroatoms. The third-order valence-corrected chi connectivity index (χ3v) is 5.95. The standard InChI is InChI=1S/C21H29N5O7/c1-20(2,3)33-19(30)24-7-8-25-15-6-5-14(26(31)32)9-13(15)10-21(12-27,16(25)11-24)17(28)23-18(29)22-4/h5-6,9,16,27H,7-8,10-12H2,1-4H3,(H2,22,23,28,29). The van der Waals surface area contributed by atoms with E-state index >= 15 is 0 Å². The largest absolute Gasteiger partial charge is 0.444 e. The molecule has 3 rings (SSSR count). The van der Waals surface area contributed by atoms with Crippen LogP contribution in [0.25, 0.3) is 0 Å². The van der Waals surface area contributed by atoms with Crippen molar-refractivity contribution in [2.24, 2.45) is 5.41 Å². The minimum atomic E-state index is -1.53. The summed E-state index contributed by atoms with van der Waals surface area (Å²) in [5.41, 5.74) is -1.19. The molecule has 0 bridgehead atoms. The smallest absolute Gasteiger partial charge is 0.410 e. The molecule has 1 saturated heterocycles. The van der Waals surface area contributed by atoms with Crippen molar-refractivity contribution in [1.82, 2.24) is 15.5 Å². The molecule has 2 heterocycles. The maximum Gasteiger partial charge on any atom is 0.410 e. The lowest BCUT2D eigenvalue weighted by molar-refractivity contribution is -0.384. The molecule has 2 aliphatic rings. The first kappa shape index (κ1) is 24.2. The summed E-state index contributed by atoms with van der Waals surface area (Å²) >= 11 is 0. The molecule has 0 spiro atoms. The summed E-state index contributed by atoms with van der Waals surface area (Å²) < 4.78 is 5.48. The van der Waals surface area contributed by atoms with E-state index in [4.69, 9.17) is 4.74 Å². The number of rotatable bonds is 3. The van der Waals surface area contributed by atoms with Crippen LogP contribution in [0.3, 0.4) is 0 Å². The Balaban J connectivity index is 2.04. The minimum Gasteiger partial charge on any atom is -0.444 e. The van der Waals surface area contributed by atoms with Gasteiger partial charge in [-0.05, 0) is 38.8 Å². The topological polar surface area (TPSA) is 154 Å². The van der Waals surface area contributed by atoms with E-state index in [2.05, 4.69) is 10.6 Å². The zero-order chi connectivity index (χ0) is 24.6. The Morgan fingerprint density at radius 2 is 2.00 bits per heavy atom. The molecule has 2 aliphatic heterocycles. The van der Waals surface area contributed by atoms with Crippen molar-refractivity contribution < 1.29 is 29.2 Å². The van der Waals surface area contributed by atoms with E-state index < -0.39 is 46.6 Å². The van der Waals surface area contributed by atoms with E-state index in [1.807, 2.05) is 4.90 Å². The molecule has 0 saturated carbocycles. The molecular formula is C21H29N5O7. The van der Waals surface area contributed by atoms with Gasteiger partial charge in [0.25, 0.3) is 5.69 Å². The summed E-state index contributed by atoms with van der Waals surface area (Å²) in [6.07, 6.45) is -0.595. The van der Waals surface area contributed by atoms with Crippen LogP contribution in [0, 0.1) is 15.5 Å². The Morgan fingerprint density at radius 3 is 2.58 bits per heavy atom. The molecule has 4 amide bonds. The highest BCUT2D eigenvalue weighted by Gasteiger charge is 2.54. The Morgan fingerprint density at radius 1 is 1.30 bits per heavy atom. The van der Waals surface area contributed by atoms with Crippen molar-refractivity contribution in [1.29, 1.82) is 0 Å². The van der Waals surface area contributed by atoms with Gasteiger partial charge in [-0.25, -0.2) is 9.59 Å². The fourth-order valence-electron chi connectivity index (χ4n) is 4.36. The highest BCUT2D eigenvalue weighted by atomic mass is 16.6. The summed E-state index contributed by atoms with van der Waals surface area (Å²) in [4.78, 5) is 52.0. The maximum absolute atomic E-state index is 13.3. The first-order chi connectivity index (χ1) is 15.4. The number of carbonyl (C=O) groups is 3. The highest BCUT2D eigenvalue weighted by molar-refractivity contribution is 5.98. The maximum atomic E-state index is 13.3. The molecule has 1 aromatic rings. The van der Waals surface area contributed by atoms with Crippen molar-refractivity contribution in [2.75, 3.05) is 38.2 Å². The molecule has 1 fully saturated rings. The molecule has 2 atom stereocenters. The molecule has 0 aromatic heterocycles. The number of nitrogens with zero attached hydrogens (tertiary/aromatic N) is 3.